The Morgan fingerprint density at radius 2 is 2.00 bits per heavy atom. The first-order valence-electron chi connectivity index (χ1n) is 6.63. The van der Waals surface area contributed by atoms with E-state index in [0.29, 0.717) is 18.0 Å². The fraction of sp³-hybridized carbons (Fsp3) is 0.429. The molecule has 0 aliphatic rings. The van der Waals surface area contributed by atoms with Crippen molar-refractivity contribution in [2.75, 3.05) is 6.54 Å². The number of halogens is 2. The molecule has 0 aliphatic carbocycles. The molecule has 2 aromatic rings. The molecule has 0 saturated carbocycles. The van der Waals surface area contributed by atoms with Crippen LogP contribution in [0.3, 0.4) is 0 Å². The predicted octanol–water partition coefficient (Wildman–Crippen LogP) is 2.67. The molecule has 1 aromatic heterocycles. The van der Waals surface area contributed by atoms with Crippen molar-refractivity contribution in [3.8, 4) is 5.75 Å². The second-order valence-electron chi connectivity index (χ2n) is 5.05. The van der Waals surface area contributed by atoms with Gasteiger partial charge in [0, 0.05) is 6.54 Å². The van der Waals surface area contributed by atoms with Crippen LogP contribution in [0.5, 0.6) is 5.75 Å². The van der Waals surface area contributed by atoms with Crippen LogP contribution in [0.25, 0.3) is 0 Å². The number of aromatic nitrogens is 2. The van der Waals surface area contributed by atoms with E-state index in [1.165, 1.54) is 12.1 Å². The lowest BCUT2D eigenvalue weighted by Crippen LogP contribution is -2.19. The molecule has 0 unspecified atom stereocenters. The van der Waals surface area contributed by atoms with E-state index in [0.717, 1.165) is 12.9 Å². The van der Waals surface area contributed by atoms with Gasteiger partial charge in [0.2, 0.25) is 12.2 Å². The fourth-order valence-corrected chi connectivity index (χ4v) is 1.75. The molecule has 5 nitrogen and oxygen atoms in total. The lowest BCUT2D eigenvalue weighted by Gasteiger charge is -2.10. The fourth-order valence-electron chi connectivity index (χ4n) is 1.75. The third kappa shape index (κ3) is 4.49. The zero-order chi connectivity index (χ0) is 15.2. The van der Waals surface area contributed by atoms with Crippen molar-refractivity contribution in [1.82, 2.24) is 15.5 Å². The zero-order valence-corrected chi connectivity index (χ0v) is 11.9. The van der Waals surface area contributed by atoms with E-state index < -0.39 is 17.4 Å². The maximum absolute atomic E-state index is 13.9. The quantitative estimate of drug-likeness (QED) is 0.851. The van der Waals surface area contributed by atoms with Gasteiger partial charge in [-0.25, -0.2) is 8.78 Å². The summed E-state index contributed by atoms with van der Waals surface area (Å²) in [5, 5.41) is 6.62. The molecule has 0 aliphatic heterocycles. The van der Waals surface area contributed by atoms with Gasteiger partial charge in [0.1, 0.15) is 0 Å². The number of rotatable bonds is 7. The molecule has 1 aromatic carbocycles. The number of hydrogen-bond donors (Lipinski definition) is 1. The van der Waals surface area contributed by atoms with Gasteiger partial charge in [-0.2, -0.15) is 4.98 Å². The number of hydrogen-bond acceptors (Lipinski definition) is 5. The molecule has 2 rings (SSSR count). The molecule has 21 heavy (non-hydrogen) atoms. The minimum atomic E-state index is -0.750. The maximum atomic E-state index is 13.9. The van der Waals surface area contributed by atoms with Gasteiger partial charge in [0.15, 0.2) is 24.0 Å². The summed E-state index contributed by atoms with van der Waals surface area (Å²) in [5.41, 5.74) is 0.526. The van der Waals surface area contributed by atoms with Crippen molar-refractivity contribution in [3.05, 3.63) is 41.5 Å². The topological polar surface area (TPSA) is 60.2 Å². The normalized spacial score (nSPS) is 11.1. The van der Waals surface area contributed by atoms with Gasteiger partial charge in [0.25, 0.3) is 0 Å². The summed E-state index contributed by atoms with van der Waals surface area (Å²) in [5.74, 6) is -1.25. The number of benzene rings is 1. The highest BCUT2D eigenvalue weighted by molar-refractivity contribution is 5.31. The molecule has 1 heterocycles. The summed E-state index contributed by atoms with van der Waals surface area (Å²) < 4.78 is 37.3. The van der Waals surface area contributed by atoms with Crippen molar-refractivity contribution >= 4 is 0 Å². The Hall–Kier alpha value is -2.02. The number of ether oxygens (including phenoxy) is 1. The summed E-state index contributed by atoms with van der Waals surface area (Å²) in [6, 6.07) is 2.50. The van der Waals surface area contributed by atoms with Crippen LogP contribution >= 0.6 is 0 Å². The molecule has 0 radical (unpaired) electrons. The van der Waals surface area contributed by atoms with Crippen LogP contribution in [0.2, 0.25) is 0 Å². The number of nitrogens with zero attached hydrogens (tertiary/aromatic N) is 2. The Kier molecular flexibility index (Phi) is 5.21. The second-order valence-corrected chi connectivity index (χ2v) is 5.05. The van der Waals surface area contributed by atoms with Crippen LogP contribution in [-0.4, -0.2) is 16.7 Å². The summed E-state index contributed by atoms with van der Waals surface area (Å²) in [6.45, 7) is 5.14. The monoisotopic (exact) mass is 297 g/mol. The molecule has 0 spiro atoms. The Morgan fingerprint density at radius 3 is 2.57 bits per heavy atom. The summed E-state index contributed by atoms with van der Waals surface area (Å²) in [4.78, 5) is 3.71. The van der Waals surface area contributed by atoms with Crippen molar-refractivity contribution < 1.29 is 18.0 Å². The highest BCUT2D eigenvalue weighted by atomic mass is 19.1. The standard InChI is InChI=1S/C14H17F2N3O2/c1-9(2)5-17-6-10-3-11(15)14(12(16)4-10)20-7-13-18-8-21-19-13/h3-4,8-9,17H,5-7H2,1-2H3. The van der Waals surface area contributed by atoms with Crippen LogP contribution in [-0.2, 0) is 13.2 Å². The van der Waals surface area contributed by atoms with E-state index in [-0.39, 0.29) is 12.4 Å². The first kappa shape index (κ1) is 15.4. The van der Waals surface area contributed by atoms with E-state index in [4.69, 9.17) is 4.74 Å². The second kappa shape index (κ2) is 7.12. The van der Waals surface area contributed by atoms with Crippen molar-refractivity contribution in [2.45, 2.75) is 27.0 Å². The minimum absolute atomic E-state index is 0.157. The highest BCUT2D eigenvalue weighted by Gasteiger charge is 2.14. The molecular formula is C14H17F2N3O2. The zero-order valence-electron chi connectivity index (χ0n) is 11.9. The largest absolute Gasteiger partial charge is 0.479 e. The van der Waals surface area contributed by atoms with E-state index in [1.54, 1.807) is 0 Å². The van der Waals surface area contributed by atoms with Crippen molar-refractivity contribution in [3.63, 3.8) is 0 Å². The molecule has 0 saturated heterocycles. The maximum Gasteiger partial charge on any atom is 0.213 e. The highest BCUT2D eigenvalue weighted by Crippen LogP contribution is 2.24. The third-order valence-corrected chi connectivity index (χ3v) is 2.69. The SMILES string of the molecule is CC(C)CNCc1cc(F)c(OCc2ncon2)c(F)c1. The molecule has 114 valence electrons. The third-order valence-electron chi connectivity index (χ3n) is 2.69. The van der Waals surface area contributed by atoms with E-state index >= 15 is 0 Å². The molecule has 1 N–H and O–H groups in total. The average Bonchev–Trinajstić information content (AvgIpc) is 2.90. The number of nitrogens with one attached hydrogen (secondary N) is 1. The molecular weight excluding hydrogens is 280 g/mol. The van der Waals surface area contributed by atoms with Gasteiger partial charge in [-0.05, 0) is 30.2 Å². The van der Waals surface area contributed by atoms with Gasteiger partial charge in [-0.1, -0.05) is 19.0 Å². The first-order valence-corrected chi connectivity index (χ1v) is 6.63. The lowest BCUT2D eigenvalue weighted by molar-refractivity contribution is 0.259. The van der Waals surface area contributed by atoms with Crippen LogP contribution in [0, 0.1) is 17.6 Å². The van der Waals surface area contributed by atoms with Gasteiger partial charge < -0.3 is 14.6 Å². The van der Waals surface area contributed by atoms with Crippen LogP contribution in [0.15, 0.2) is 23.0 Å². The average molecular weight is 297 g/mol. The molecule has 7 heteroatoms. The summed E-state index contributed by atoms with van der Waals surface area (Å²) in [7, 11) is 0. The van der Waals surface area contributed by atoms with Crippen LogP contribution < -0.4 is 10.1 Å². The summed E-state index contributed by atoms with van der Waals surface area (Å²) >= 11 is 0. The van der Waals surface area contributed by atoms with Gasteiger partial charge in [-0.3, -0.25) is 0 Å². The Balaban J connectivity index is 1.99. The Labute approximate surface area is 121 Å². The first-order chi connectivity index (χ1) is 10.1. The summed E-state index contributed by atoms with van der Waals surface area (Å²) in [6.07, 6.45) is 1.12. The van der Waals surface area contributed by atoms with Gasteiger partial charge in [-0.15, -0.1) is 0 Å². The predicted molar refractivity (Wildman–Crippen MR) is 71.5 cm³/mol. The molecule has 0 fully saturated rings. The van der Waals surface area contributed by atoms with Gasteiger partial charge in [0.05, 0.1) is 0 Å². The van der Waals surface area contributed by atoms with Crippen molar-refractivity contribution in [2.24, 2.45) is 5.92 Å². The van der Waals surface area contributed by atoms with Crippen LogP contribution in [0.4, 0.5) is 8.78 Å². The molecule has 0 amide bonds. The molecule has 0 atom stereocenters. The smallest absolute Gasteiger partial charge is 0.213 e. The minimum Gasteiger partial charge on any atom is -0.479 e. The van der Waals surface area contributed by atoms with Gasteiger partial charge >= 0.3 is 0 Å². The lowest BCUT2D eigenvalue weighted by atomic mass is 10.1. The Morgan fingerprint density at radius 1 is 1.29 bits per heavy atom. The Bertz CT molecular complexity index is 551. The van der Waals surface area contributed by atoms with Crippen LogP contribution in [0.1, 0.15) is 25.2 Å². The van der Waals surface area contributed by atoms with E-state index in [1.807, 2.05) is 0 Å². The van der Waals surface area contributed by atoms with E-state index in [2.05, 4.69) is 33.8 Å². The van der Waals surface area contributed by atoms with Crippen molar-refractivity contribution in [1.29, 1.82) is 0 Å². The molecule has 0 bridgehead atoms. The van der Waals surface area contributed by atoms with E-state index in [9.17, 15) is 8.78 Å².